The number of hydrogen-bond acceptors (Lipinski definition) is 2. The highest BCUT2D eigenvalue weighted by Crippen LogP contribution is 2.38. The highest BCUT2D eigenvalue weighted by Gasteiger charge is 2.29. The van der Waals surface area contributed by atoms with Gasteiger partial charge in [-0.25, -0.2) is 13.8 Å². The summed E-state index contributed by atoms with van der Waals surface area (Å²) in [5, 5.41) is 0.0763. The van der Waals surface area contributed by atoms with Crippen molar-refractivity contribution < 1.29 is 8.78 Å². The monoisotopic (exact) mass is 234 g/mol. The first-order valence-electron chi connectivity index (χ1n) is 4.63. The summed E-state index contributed by atoms with van der Waals surface area (Å²) >= 11 is 5.62. The molecule has 1 aromatic heterocycles. The largest absolute Gasteiger partial charge is 0.291 e. The van der Waals surface area contributed by atoms with Crippen LogP contribution in [0.5, 0.6) is 0 Å². The third kappa shape index (κ3) is 2.34. The minimum Gasteiger partial charge on any atom is -0.291 e. The predicted molar refractivity (Wildman–Crippen MR) is 51.5 cm³/mol. The molecule has 1 aliphatic carbocycles. The zero-order chi connectivity index (χ0) is 11.0. The molecule has 2 rings (SSSR count). The number of rotatable bonds is 3. The Balaban J connectivity index is 2.44. The molecule has 0 amide bonds. The molecular formula is C9H9ClF2N2O. The van der Waals surface area contributed by atoms with E-state index in [9.17, 15) is 13.6 Å². The van der Waals surface area contributed by atoms with Gasteiger partial charge in [0.25, 0.3) is 12.0 Å². The zero-order valence-electron chi connectivity index (χ0n) is 7.79. The maximum atomic E-state index is 12.2. The van der Waals surface area contributed by atoms with E-state index in [1.54, 1.807) is 0 Å². The molecular weight excluding hydrogens is 226 g/mol. The van der Waals surface area contributed by atoms with E-state index in [2.05, 4.69) is 4.98 Å². The summed E-state index contributed by atoms with van der Waals surface area (Å²) in [6, 6.07) is 1.07. The van der Waals surface area contributed by atoms with Gasteiger partial charge in [0, 0.05) is 12.0 Å². The van der Waals surface area contributed by atoms with Gasteiger partial charge in [-0.2, -0.15) is 0 Å². The van der Waals surface area contributed by atoms with Gasteiger partial charge in [-0.3, -0.25) is 9.36 Å². The fourth-order valence-electron chi connectivity index (χ4n) is 1.47. The molecule has 0 atom stereocenters. The average molecular weight is 235 g/mol. The molecule has 0 N–H and O–H groups in total. The first-order chi connectivity index (χ1) is 7.08. The van der Waals surface area contributed by atoms with Crippen molar-refractivity contribution in [1.29, 1.82) is 0 Å². The van der Waals surface area contributed by atoms with Crippen LogP contribution < -0.4 is 5.56 Å². The molecule has 6 heteroatoms. The van der Waals surface area contributed by atoms with Crippen LogP contribution in [0.15, 0.2) is 10.9 Å². The number of aromatic nitrogens is 2. The maximum absolute atomic E-state index is 12.2. The molecule has 0 radical (unpaired) electrons. The lowest BCUT2D eigenvalue weighted by Gasteiger charge is -2.10. The normalized spacial score (nSPS) is 16.0. The van der Waals surface area contributed by atoms with Gasteiger partial charge in [0.1, 0.15) is 11.0 Å². The molecule has 1 saturated carbocycles. The molecule has 1 aromatic rings. The number of halogens is 3. The smallest absolute Gasteiger partial charge is 0.256 e. The summed E-state index contributed by atoms with van der Waals surface area (Å²) < 4.78 is 25.5. The van der Waals surface area contributed by atoms with Crippen LogP contribution >= 0.6 is 11.6 Å². The molecule has 1 heterocycles. The zero-order valence-corrected chi connectivity index (χ0v) is 8.55. The topological polar surface area (TPSA) is 34.9 Å². The van der Waals surface area contributed by atoms with Crippen molar-refractivity contribution in [2.45, 2.75) is 31.7 Å². The second kappa shape index (κ2) is 3.89. The van der Waals surface area contributed by atoms with Gasteiger partial charge in [0.15, 0.2) is 0 Å². The summed E-state index contributed by atoms with van der Waals surface area (Å²) in [6.07, 6.45) is -0.783. The summed E-state index contributed by atoms with van der Waals surface area (Å²) in [5.41, 5.74) is -0.503. The lowest BCUT2D eigenvalue weighted by molar-refractivity contribution is 0.123. The summed E-state index contributed by atoms with van der Waals surface area (Å²) in [7, 11) is 0. The van der Waals surface area contributed by atoms with Crippen molar-refractivity contribution in [2.75, 3.05) is 0 Å². The van der Waals surface area contributed by atoms with E-state index in [4.69, 9.17) is 11.6 Å². The van der Waals surface area contributed by atoms with Crippen LogP contribution in [0.4, 0.5) is 8.78 Å². The van der Waals surface area contributed by atoms with Crippen molar-refractivity contribution in [1.82, 2.24) is 9.55 Å². The molecule has 3 nitrogen and oxygen atoms in total. The van der Waals surface area contributed by atoms with E-state index < -0.39 is 18.5 Å². The van der Waals surface area contributed by atoms with Crippen LogP contribution in [0.3, 0.4) is 0 Å². The van der Waals surface area contributed by atoms with Crippen LogP contribution in [0.25, 0.3) is 0 Å². The van der Waals surface area contributed by atoms with E-state index in [0.29, 0.717) is 5.82 Å². The van der Waals surface area contributed by atoms with Crippen LogP contribution in [0.2, 0.25) is 5.15 Å². The van der Waals surface area contributed by atoms with Gasteiger partial charge in [0.2, 0.25) is 0 Å². The Morgan fingerprint density at radius 2 is 2.27 bits per heavy atom. The quantitative estimate of drug-likeness (QED) is 0.751. The summed E-state index contributed by atoms with van der Waals surface area (Å²) in [5.74, 6) is 0.517. The fraction of sp³-hybridized carbons (Fsp3) is 0.556. The van der Waals surface area contributed by atoms with Crippen LogP contribution in [0.1, 0.15) is 24.6 Å². The number of nitrogens with zero attached hydrogens (tertiary/aromatic N) is 2. The number of hydrogen-bond donors (Lipinski definition) is 0. The van der Waals surface area contributed by atoms with Gasteiger partial charge in [0.05, 0.1) is 6.54 Å². The maximum Gasteiger partial charge on any atom is 0.256 e. The van der Waals surface area contributed by atoms with Crippen LogP contribution in [-0.2, 0) is 6.54 Å². The van der Waals surface area contributed by atoms with E-state index >= 15 is 0 Å². The highest BCUT2D eigenvalue weighted by molar-refractivity contribution is 6.29. The van der Waals surface area contributed by atoms with Gasteiger partial charge in [-0.05, 0) is 12.8 Å². The van der Waals surface area contributed by atoms with Gasteiger partial charge < -0.3 is 0 Å². The first kappa shape index (κ1) is 10.5. The second-order valence-corrected chi connectivity index (χ2v) is 3.94. The summed E-state index contributed by atoms with van der Waals surface area (Å²) in [6.45, 7) is -0.602. The molecule has 0 aromatic carbocycles. The third-order valence-corrected chi connectivity index (χ3v) is 2.46. The Labute approximate surface area is 89.7 Å². The Kier molecular flexibility index (Phi) is 2.73. The van der Waals surface area contributed by atoms with Crippen LogP contribution in [-0.4, -0.2) is 16.0 Å². The molecule has 1 aliphatic rings. The van der Waals surface area contributed by atoms with Crippen molar-refractivity contribution in [3.8, 4) is 0 Å². The summed E-state index contributed by atoms with van der Waals surface area (Å²) in [4.78, 5) is 15.4. The van der Waals surface area contributed by atoms with Crippen molar-refractivity contribution in [2.24, 2.45) is 0 Å². The Morgan fingerprint density at radius 3 is 2.80 bits per heavy atom. The highest BCUT2D eigenvalue weighted by atomic mass is 35.5. The molecule has 0 aliphatic heterocycles. The van der Waals surface area contributed by atoms with Gasteiger partial charge in [-0.15, -0.1) is 0 Å². The lowest BCUT2D eigenvalue weighted by atomic mass is 10.3. The Morgan fingerprint density at radius 1 is 1.60 bits per heavy atom. The molecule has 82 valence electrons. The third-order valence-electron chi connectivity index (χ3n) is 2.27. The Hall–Kier alpha value is -0.970. The Bertz CT molecular complexity index is 429. The molecule has 0 spiro atoms. The van der Waals surface area contributed by atoms with Crippen LogP contribution in [0, 0.1) is 0 Å². The molecule has 0 unspecified atom stereocenters. The molecule has 0 bridgehead atoms. The first-order valence-corrected chi connectivity index (χ1v) is 5.01. The molecule has 0 saturated heterocycles. The molecule has 1 fully saturated rings. The van der Waals surface area contributed by atoms with Gasteiger partial charge in [-0.1, -0.05) is 11.6 Å². The van der Waals surface area contributed by atoms with Crippen molar-refractivity contribution >= 4 is 11.6 Å². The SMILES string of the molecule is O=c1cc(Cl)nc(C2CC2)n1CC(F)F. The number of alkyl halides is 2. The van der Waals surface area contributed by atoms with Crippen molar-refractivity contribution in [3.05, 3.63) is 27.4 Å². The van der Waals surface area contributed by atoms with E-state index in [1.165, 1.54) is 0 Å². The average Bonchev–Trinajstić information content (AvgIpc) is 2.91. The fourth-order valence-corrected chi connectivity index (χ4v) is 1.65. The second-order valence-electron chi connectivity index (χ2n) is 3.55. The van der Waals surface area contributed by atoms with E-state index in [0.717, 1.165) is 23.5 Å². The predicted octanol–water partition coefficient (Wildman–Crippen LogP) is 2.04. The molecule has 15 heavy (non-hydrogen) atoms. The van der Waals surface area contributed by atoms with E-state index in [-0.39, 0.29) is 11.1 Å². The minimum absolute atomic E-state index is 0.0763. The standard InChI is InChI=1S/C9H9ClF2N2O/c10-6-3-8(15)14(4-7(11)12)9(13-6)5-1-2-5/h3,5,7H,1-2,4H2. The van der Waals surface area contributed by atoms with Crippen molar-refractivity contribution in [3.63, 3.8) is 0 Å². The minimum atomic E-state index is -2.55. The van der Waals surface area contributed by atoms with Gasteiger partial charge >= 0.3 is 0 Å². The lowest BCUT2D eigenvalue weighted by Crippen LogP contribution is -2.27. The van der Waals surface area contributed by atoms with E-state index in [1.807, 2.05) is 0 Å².